The monoisotopic (exact) mass is 303 g/mol. The third kappa shape index (κ3) is 1.83. The highest BCUT2D eigenvalue weighted by Crippen LogP contribution is 2.40. The van der Waals surface area contributed by atoms with Crippen molar-refractivity contribution < 1.29 is 13.2 Å². The summed E-state index contributed by atoms with van der Waals surface area (Å²) in [4.78, 5) is 4.45. The first-order chi connectivity index (χ1) is 10.4. The third-order valence-electron chi connectivity index (χ3n) is 4.01. The SMILES string of the molecule is Cc1cc2nc3c(c(C(F)(F)F)n2n1)CCc1ccccc1-3. The minimum atomic E-state index is -4.46. The van der Waals surface area contributed by atoms with Crippen LogP contribution in [0.5, 0.6) is 0 Å². The Hall–Kier alpha value is -2.37. The second kappa shape index (κ2) is 4.32. The van der Waals surface area contributed by atoms with E-state index < -0.39 is 11.9 Å². The maximum absolute atomic E-state index is 13.6. The molecule has 1 aromatic carbocycles. The number of aromatic nitrogens is 3. The normalized spacial score (nSPS) is 14.0. The van der Waals surface area contributed by atoms with Gasteiger partial charge in [-0.2, -0.15) is 18.3 Å². The van der Waals surface area contributed by atoms with Gasteiger partial charge in [0.2, 0.25) is 0 Å². The molecule has 3 aromatic rings. The number of alkyl halides is 3. The predicted octanol–water partition coefficient (Wildman–Crippen LogP) is 3.82. The fourth-order valence-corrected chi connectivity index (χ4v) is 3.13. The lowest BCUT2D eigenvalue weighted by Crippen LogP contribution is -2.20. The van der Waals surface area contributed by atoms with Gasteiger partial charge in [0.15, 0.2) is 11.3 Å². The van der Waals surface area contributed by atoms with Crippen molar-refractivity contribution in [3.63, 3.8) is 0 Å². The molecule has 0 radical (unpaired) electrons. The summed E-state index contributed by atoms with van der Waals surface area (Å²) >= 11 is 0. The molecule has 6 heteroatoms. The molecule has 0 saturated carbocycles. The second-order valence-electron chi connectivity index (χ2n) is 5.50. The molecule has 0 unspecified atom stereocenters. The van der Waals surface area contributed by atoms with Crippen LogP contribution >= 0.6 is 0 Å². The molecule has 0 atom stereocenters. The van der Waals surface area contributed by atoms with Crippen molar-refractivity contribution in [2.24, 2.45) is 0 Å². The van der Waals surface area contributed by atoms with Crippen molar-refractivity contribution in [1.29, 1.82) is 0 Å². The number of halogens is 3. The van der Waals surface area contributed by atoms with Crippen LogP contribution in [0, 0.1) is 6.92 Å². The minimum Gasteiger partial charge on any atom is -0.228 e. The van der Waals surface area contributed by atoms with E-state index in [0.717, 1.165) is 15.6 Å². The van der Waals surface area contributed by atoms with E-state index in [-0.39, 0.29) is 11.2 Å². The number of nitrogens with zero attached hydrogens (tertiary/aromatic N) is 3. The summed E-state index contributed by atoms with van der Waals surface area (Å²) < 4.78 is 41.7. The van der Waals surface area contributed by atoms with Crippen molar-refractivity contribution >= 4 is 5.65 Å². The highest BCUT2D eigenvalue weighted by molar-refractivity contribution is 5.72. The first-order valence-electron chi connectivity index (χ1n) is 7.00. The van der Waals surface area contributed by atoms with Gasteiger partial charge in [0.25, 0.3) is 0 Å². The van der Waals surface area contributed by atoms with Gasteiger partial charge >= 0.3 is 6.18 Å². The highest BCUT2D eigenvalue weighted by Gasteiger charge is 2.40. The Balaban J connectivity index is 2.14. The van der Waals surface area contributed by atoms with E-state index in [1.54, 1.807) is 13.0 Å². The lowest BCUT2D eigenvalue weighted by atomic mass is 9.88. The van der Waals surface area contributed by atoms with Crippen LogP contribution in [0.2, 0.25) is 0 Å². The smallest absolute Gasteiger partial charge is 0.228 e. The quantitative estimate of drug-likeness (QED) is 0.632. The second-order valence-corrected chi connectivity index (χ2v) is 5.50. The molecule has 0 bridgehead atoms. The molecular formula is C16H12F3N3. The van der Waals surface area contributed by atoms with E-state index in [9.17, 15) is 13.2 Å². The first-order valence-corrected chi connectivity index (χ1v) is 7.00. The average Bonchev–Trinajstić information content (AvgIpc) is 2.82. The predicted molar refractivity (Wildman–Crippen MR) is 75.6 cm³/mol. The first kappa shape index (κ1) is 13.3. The van der Waals surface area contributed by atoms with E-state index in [0.29, 0.717) is 24.2 Å². The number of fused-ring (bicyclic) bond motifs is 4. The molecule has 1 aliphatic rings. The molecule has 3 nitrogen and oxygen atoms in total. The third-order valence-corrected chi connectivity index (χ3v) is 4.01. The Labute approximate surface area is 124 Å². The van der Waals surface area contributed by atoms with Gasteiger partial charge in [0, 0.05) is 17.2 Å². The van der Waals surface area contributed by atoms with Crippen molar-refractivity contribution in [3.8, 4) is 11.3 Å². The Kier molecular flexibility index (Phi) is 2.61. The molecule has 0 fully saturated rings. The molecule has 4 rings (SSSR count). The molecule has 2 aromatic heterocycles. The molecule has 2 heterocycles. The van der Waals surface area contributed by atoms with Crippen LogP contribution in [0.3, 0.4) is 0 Å². The minimum absolute atomic E-state index is 0.236. The van der Waals surface area contributed by atoms with Gasteiger partial charge < -0.3 is 0 Å². The molecule has 22 heavy (non-hydrogen) atoms. The number of benzene rings is 1. The molecule has 0 amide bonds. The summed E-state index contributed by atoms with van der Waals surface area (Å²) in [7, 11) is 0. The van der Waals surface area contributed by atoms with Gasteiger partial charge in [0.1, 0.15) is 0 Å². The van der Waals surface area contributed by atoms with E-state index in [2.05, 4.69) is 10.1 Å². The zero-order valence-corrected chi connectivity index (χ0v) is 11.8. The Morgan fingerprint density at radius 1 is 1.14 bits per heavy atom. The van der Waals surface area contributed by atoms with E-state index in [1.165, 1.54) is 0 Å². The Morgan fingerprint density at radius 3 is 2.68 bits per heavy atom. The molecule has 0 N–H and O–H groups in total. The zero-order chi connectivity index (χ0) is 15.5. The number of aryl methyl sites for hydroxylation is 2. The number of hydrogen-bond donors (Lipinski definition) is 0. The fourth-order valence-electron chi connectivity index (χ4n) is 3.13. The summed E-state index contributed by atoms with van der Waals surface area (Å²) in [6.07, 6.45) is -3.56. The van der Waals surface area contributed by atoms with Crippen LogP contribution in [0.25, 0.3) is 16.9 Å². The summed E-state index contributed by atoms with van der Waals surface area (Å²) in [5.74, 6) is 0. The fraction of sp³-hybridized carbons (Fsp3) is 0.250. The van der Waals surface area contributed by atoms with E-state index >= 15 is 0 Å². The van der Waals surface area contributed by atoms with Crippen molar-refractivity contribution in [2.75, 3.05) is 0 Å². The molecule has 112 valence electrons. The average molecular weight is 303 g/mol. The zero-order valence-electron chi connectivity index (χ0n) is 11.8. The van der Waals surface area contributed by atoms with Crippen LogP contribution in [0.1, 0.15) is 22.5 Å². The van der Waals surface area contributed by atoms with Crippen LogP contribution in [0.15, 0.2) is 30.3 Å². The van der Waals surface area contributed by atoms with Gasteiger partial charge in [-0.25, -0.2) is 9.50 Å². The van der Waals surface area contributed by atoms with Gasteiger partial charge in [-0.3, -0.25) is 0 Å². The molecule has 0 aliphatic heterocycles. The largest absolute Gasteiger partial charge is 0.433 e. The summed E-state index contributed by atoms with van der Waals surface area (Å²) in [5, 5.41) is 3.98. The number of rotatable bonds is 0. The lowest BCUT2D eigenvalue weighted by molar-refractivity contribution is -0.143. The van der Waals surface area contributed by atoms with Crippen molar-refractivity contribution in [3.05, 3.63) is 52.8 Å². The van der Waals surface area contributed by atoms with Crippen LogP contribution in [-0.2, 0) is 19.0 Å². The molecule has 0 saturated heterocycles. The standard InChI is InChI=1S/C16H12F3N3/c1-9-8-13-20-14-11-5-3-2-4-10(11)6-7-12(14)15(16(17,18)19)22(13)21-9/h2-5,8H,6-7H2,1H3. The van der Waals surface area contributed by atoms with Crippen LogP contribution < -0.4 is 0 Å². The topological polar surface area (TPSA) is 30.2 Å². The van der Waals surface area contributed by atoms with E-state index in [4.69, 9.17) is 0 Å². The molecule has 0 spiro atoms. The van der Waals surface area contributed by atoms with Crippen LogP contribution in [0.4, 0.5) is 13.2 Å². The van der Waals surface area contributed by atoms with Gasteiger partial charge in [-0.05, 0) is 25.3 Å². The van der Waals surface area contributed by atoms with Crippen molar-refractivity contribution in [2.45, 2.75) is 25.9 Å². The summed E-state index contributed by atoms with van der Waals surface area (Å²) in [5.41, 5.74) is 2.55. The molecular weight excluding hydrogens is 291 g/mol. The lowest BCUT2D eigenvalue weighted by Gasteiger charge is -2.23. The summed E-state index contributed by atoms with van der Waals surface area (Å²) in [6.45, 7) is 1.67. The van der Waals surface area contributed by atoms with Gasteiger partial charge in [0.05, 0.1) is 11.4 Å². The van der Waals surface area contributed by atoms with Gasteiger partial charge in [-0.15, -0.1) is 0 Å². The summed E-state index contributed by atoms with van der Waals surface area (Å²) in [6, 6.07) is 9.08. The molecule has 1 aliphatic carbocycles. The Bertz CT molecular complexity index is 894. The van der Waals surface area contributed by atoms with Crippen LogP contribution in [-0.4, -0.2) is 14.6 Å². The highest BCUT2D eigenvalue weighted by atomic mass is 19.4. The number of hydrogen-bond acceptors (Lipinski definition) is 2. The Morgan fingerprint density at radius 2 is 1.91 bits per heavy atom. The van der Waals surface area contributed by atoms with Gasteiger partial charge in [-0.1, -0.05) is 24.3 Å². The maximum Gasteiger partial charge on any atom is 0.433 e. The van der Waals surface area contributed by atoms with E-state index in [1.807, 2.05) is 24.3 Å². The van der Waals surface area contributed by atoms with Crippen molar-refractivity contribution in [1.82, 2.24) is 14.6 Å². The maximum atomic E-state index is 13.6.